The van der Waals surface area contributed by atoms with Gasteiger partial charge in [-0.05, 0) is 42.8 Å². The van der Waals surface area contributed by atoms with Crippen LogP contribution < -0.4 is 16.4 Å². The fourth-order valence-corrected chi connectivity index (χ4v) is 5.02. The van der Waals surface area contributed by atoms with Crippen molar-refractivity contribution in [3.63, 3.8) is 0 Å². The van der Waals surface area contributed by atoms with Crippen LogP contribution >= 0.6 is 0 Å². The van der Waals surface area contributed by atoms with Gasteiger partial charge in [0.2, 0.25) is 0 Å². The summed E-state index contributed by atoms with van der Waals surface area (Å²) in [5, 5.41) is 16.6. The smallest absolute Gasteiger partial charge is 0.413 e. The Balaban J connectivity index is 1.34. The van der Waals surface area contributed by atoms with Gasteiger partial charge < -0.3 is 20.9 Å². The Kier molecular flexibility index (Phi) is 4.45. The van der Waals surface area contributed by atoms with Crippen LogP contribution in [0.25, 0.3) is 21.9 Å². The third-order valence-corrected chi connectivity index (χ3v) is 7.19. The number of carbonyl (C=O) groups is 1. The lowest BCUT2D eigenvalue weighted by Gasteiger charge is -2.30. The molecule has 0 saturated heterocycles. The number of hydrogen-bond donors (Lipinski definition) is 4. The maximum Gasteiger partial charge on any atom is 0.413 e. The fraction of sp³-hybridized carbons (Fsp3) is 0.375. The van der Waals surface area contributed by atoms with Crippen molar-refractivity contribution in [1.82, 2.24) is 9.97 Å². The van der Waals surface area contributed by atoms with Crippen molar-refractivity contribution in [3.8, 4) is 11.1 Å². The zero-order valence-corrected chi connectivity index (χ0v) is 18.1. The van der Waals surface area contributed by atoms with Gasteiger partial charge in [-0.2, -0.15) is 0 Å². The Labute approximate surface area is 189 Å². The van der Waals surface area contributed by atoms with Gasteiger partial charge in [-0.15, -0.1) is 0 Å². The molecule has 3 aromatic rings. The molecule has 170 valence electrons. The Morgan fingerprint density at radius 2 is 2.06 bits per heavy atom. The summed E-state index contributed by atoms with van der Waals surface area (Å²) < 4.78 is 20.6. The van der Waals surface area contributed by atoms with E-state index in [0.29, 0.717) is 46.7 Å². The molecule has 2 aromatic heterocycles. The molecule has 1 aromatic carbocycles. The molecule has 3 aliphatic rings. The molecule has 0 bridgehead atoms. The number of aromatic nitrogens is 2. The number of nitrogen functional groups attached to an aromatic ring is 1. The summed E-state index contributed by atoms with van der Waals surface area (Å²) in [5.74, 6) is 0.201. The predicted molar refractivity (Wildman–Crippen MR) is 123 cm³/mol. The number of carbonyl (C=O) groups excluding carboxylic acids is 1. The molecule has 2 fully saturated rings. The molecule has 5 N–H and O–H groups in total. The van der Waals surface area contributed by atoms with E-state index in [-0.39, 0.29) is 17.6 Å². The molecule has 3 heterocycles. The topological polar surface area (TPSA) is 122 Å². The number of anilines is 3. The highest BCUT2D eigenvalue weighted by atomic mass is 19.1. The average molecular weight is 449 g/mol. The van der Waals surface area contributed by atoms with Gasteiger partial charge in [0, 0.05) is 53.7 Å². The minimum Gasteiger partial charge on any atom is -0.446 e. The van der Waals surface area contributed by atoms with Crippen LogP contribution in [0, 0.1) is 12.7 Å². The van der Waals surface area contributed by atoms with E-state index in [4.69, 9.17) is 10.5 Å². The summed E-state index contributed by atoms with van der Waals surface area (Å²) in [6, 6.07) is 3.78. The number of ether oxygens (including phenoxy) is 1. The predicted octanol–water partition coefficient (Wildman–Crippen LogP) is 4.07. The Morgan fingerprint density at radius 1 is 1.24 bits per heavy atom. The zero-order chi connectivity index (χ0) is 22.9. The quantitative estimate of drug-likeness (QED) is 0.445. The van der Waals surface area contributed by atoms with Crippen LogP contribution in [-0.2, 0) is 4.74 Å². The molecule has 2 saturated carbocycles. The van der Waals surface area contributed by atoms with E-state index in [2.05, 4.69) is 20.6 Å². The molecule has 0 radical (unpaired) electrons. The first kappa shape index (κ1) is 20.2. The standard InChI is InChI=1S/C24H24FN5O3/c1-10-16(8-28-23-14-2-3-18(14)29-22(10)23)15-4-11-5-19(27-9-17(11)21(26)20(15)25)30-24(32)33-13-6-12(31)7-13/h4-5,8-9,12-14,18,29,31H,2-3,6-7,26H2,1H3,(H,27,30,32). The lowest BCUT2D eigenvalue weighted by Crippen LogP contribution is -2.37. The molecule has 1 aliphatic heterocycles. The highest BCUT2D eigenvalue weighted by molar-refractivity contribution is 5.99. The molecule has 2 aliphatic carbocycles. The average Bonchev–Trinajstić information content (AvgIpc) is 3.00. The molecule has 6 rings (SSSR count). The van der Waals surface area contributed by atoms with Gasteiger partial charge >= 0.3 is 6.09 Å². The van der Waals surface area contributed by atoms with Crippen LogP contribution in [0.2, 0.25) is 0 Å². The maximum absolute atomic E-state index is 15.3. The van der Waals surface area contributed by atoms with Gasteiger partial charge in [-0.1, -0.05) is 0 Å². The Morgan fingerprint density at radius 3 is 2.79 bits per heavy atom. The summed E-state index contributed by atoms with van der Waals surface area (Å²) in [7, 11) is 0. The largest absolute Gasteiger partial charge is 0.446 e. The van der Waals surface area contributed by atoms with Crippen LogP contribution in [0.1, 0.15) is 42.9 Å². The highest BCUT2D eigenvalue weighted by Crippen LogP contribution is 2.49. The summed E-state index contributed by atoms with van der Waals surface area (Å²) in [6.07, 6.45) is 4.92. The molecule has 8 nitrogen and oxygen atoms in total. The molecule has 33 heavy (non-hydrogen) atoms. The summed E-state index contributed by atoms with van der Waals surface area (Å²) >= 11 is 0. The van der Waals surface area contributed by atoms with E-state index in [0.717, 1.165) is 29.8 Å². The van der Waals surface area contributed by atoms with Crippen molar-refractivity contribution in [2.45, 2.75) is 56.8 Å². The molecule has 0 spiro atoms. The van der Waals surface area contributed by atoms with Crippen molar-refractivity contribution in [2.75, 3.05) is 16.4 Å². The van der Waals surface area contributed by atoms with E-state index >= 15 is 4.39 Å². The number of nitrogens with two attached hydrogens (primary N) is 1. The van der Waals surface area contributed by atoms with Crippen LogP contribution in [0.5, 0.6) is 0 Å². The zero-order valence-electron chi connectivity index (χ0n) is 18.1. The second-order valence-corrected chi connectivity index (χ2v) is 9.21. The SMILES string of the molecule is Cc1c(-c2cc3cc(NC(=O)OC4CC(O)C4)ncc3c(N)c2F)cnc2c1NC1CCC21. The number of hydrogen-bond acceptors (Lipinski definition) is 7. The van der Waals surface area contributed by atoms with Gasteiger partial charge in [-0.3, -0.25) is 10.3 Å². The number of aliphatic hydroxyl groups excluding tert-OH is 1. The maximum atomic E-state index is 15.3. The van der Waals surface area contributed by atoms with E-state index in [1.54, 1.807) is 18.3 Å². The summed E-state index contributed by atoms with van der Waals surface area (Å²) in [6.45, 7) is 1.97. The van der Waals surface area contributed by atoms with Crippen LogP contribution in [0.3, 0.4) is 0 Å². The fourth-order valence-electron chi connectivity index (χ4n) is 5.02. The minimum atomic E-state index is -0.645. The number of nitrogens with one attached hydrogen (secondary N) is 2. The first-order chi connectivity index (χ1) is 15.9. The number of rotatable bonds is 3. The molecule has 1 amide bonds. The van der Waals surface area contributed by atoms with Crippen molar-refractivity contribution in [1.29, 1.82) is 0 Å². The van der Waals surface area contributed by atoms with Gasteiger partial charge in [0.15, 0.2) is 5.82 Å². The number of aliphatic hydroxyl groups is 1. The van der Waals surface area contributed by atoms with E-state index in [1.165, 1.54) is 6.20 Å². The lowest BCUT2D eigenvalue weighted by molar-refractivity contribution is -0.0308. The van der Waals surface area contributed by atoms with E-state index in [1.807, 2.05) is 6.92 Å². The second-order valence-electron chi connectivity index (χ2n) is 9.21. The monoisotopic (exact) mass is 449 g/mol. The third kappa shape index (κ3) is 3.18. The highest BCUT2D eigenvalue weighted by Gasteiger charge is 2.41. The van der Waals surface area contributed by atoms with Gasteiger partial charge in [0.25, 0.3) is 0 Å². The second kappa shape index (κ2) is 7.28. The Bertz CT molecular complexity index is 1310. The summed E-state index contributed by atoms with van der Waals surface area (Å²) in [5.41, 5.74) is 10.2. The van der Waals surface area contributed by atoms with Crippen LogP contribution in [0.4, 0.5) is 26.4 Å². The van der Waals surface area contributed by atoms with Gasteiger partial charge in [-0.25, -0.2) is 14.2 Å². The molecule has 9 heteroatoms. The van der Waals surface area contributed by atoms with E-state index < -0.39 is 18.0 Å². The molecule has 2 atom stereocenters. The van der Waals surface area contributed by atoms with Crippen molar-refractivity contribution in [3.05, 3.63) is 41.6 Å². The number of nitrogens with zero attached hydrogens (tertiary/aromatic N) is 2. The van der Waals surface area contributed by atoms with Crippen LogP contribution in [-0.4, -0.2) is 39.4 Å². The van der Waals surface area contributed by atoms with Crippen molar-refractivity contribution < 1.29 is 19.0 Å². The molecular formula is C24H24FN5O3. The third-order valence-electron chi connectivity index (χ3n) is 7.19. The van der Waals surface area contributed by atoms with Gasteiger partial charge in [0.1, 0.15) is 11.9 Å². The molecular weight excluding hydrogens is 425 g/mol. The van der Waals surface area contributed by atoms with Crippen LogP contribution in [0.15, 0.2) is 24.5 Å². The normalized spacial score (nSPS) is 24.8. The lowest BCUT2D eigenvalue weighted by atomic mass is 9.80. The first-order valence-corrected chi connectivity index (χ1v) is 11.2. The van der Waals surface area contributed by atoms with E-state index in [9.17, 15) is 9.90 Å². The minimum absolute atomic E-state index is 0.000472. The number of pyridine rings is 2. The number of fused-ring (bicyclic) bond motifs is 4. The number of halogens is 1. The molecule has 2 unspecified atom stereocenters. The summed E-state index contributed by atoms with van der Waals surface area (Å²) in [4.78, 5) is 21.0. The van der Waals surface area contributed by atoms with Crippen molar-refractivity contribution >= 4 is 34.1 Å². The van der Waals surface area contributed by atoms with Gasteiger partial charge in [0.05, 0.1) is 23.2 Å². The van der Waals surface area contributed by atoms with Crippen molar-refractivity contribution in [2.24, 2.45) is 0 Å². The number of amides is 1. The first-order valence-electron chi connectivity index (χ1n) is 11.2. The Hall–Kier alpha value is -3.46. The number of benzene rings is 1.